The molecule has 1 aromatic carbocycles. The van der Waals surface area contributed by atoms with Crippen molar-refractivity contribution in [3.05, 3.63) is 28.8 Å². The average molecular weight is 253 g/mol. The van der Waals surface area contributed by atoms with Crippen molar-refractivity contribution in [2.45, 2.75) is 25.3 Å². The average Bonchev–Trinajstić information content (AvgIpc) is 2.74. The molecule has 2 atom stereocenters. The molecule has 17 heavy (non-hydrogen) atoms. The number of phenolic OH excluding ortho intramolecular Hbond substituents is 1. The van der Waals surface area contributed by atoms with E-state index in [1.807, 2.05) is 26.0 Å². The number of aromatic hydroxyl groups is 1. The first kappa shape index (κ1) is 12.3. The Labute approximate surface area is 104 Å². The zero-order valence-corrected chi connectivity index (χ0v) is 10.5. The van der Waals surface area contributed by atoms with E-state index in [4.69, 9.17) is 5.11 Å². The predicted octanol–water partition coefficient (Wildman–Crippen LogP) is 1.80. The van der Waals surface area contributed by atoms with Crippen LogP contribution < -0.4 is 5.32 Å². The number of carboxylic acids is 1. The highest BCUT2D eigenvalue weighted by atomic mass is 32.2. The topological polar surface area (TPSA) is 69.6 Å². The minimum Gasteiger partial charge on any atom is -0.507 e. The molecule has 1 aliphatic rings. The summed E-state index contributed by atoms with van der Waals surface area (Å²) in [6, 6.07) is 3.31. The Hall–Kier alpha value is -1.20. The molecular formula is C12H15NO3S. The monoisotopic (exact) mass is 253 g/mol. The van der Waals surface area contributed by atoms with E-state index in [1.54, 1.807) is 11.8 Å². The molecule has 1 fully saturated rings. The molecule has 1 aromatic rings. The van der Waals surface area contributed by atoms with Crippen LogP contribution in [0, 0.1) is 13.8 Å². The highest BCUT2D eigenvalue weighted by Gasteiger charge is 2.30. The van der Waals surface area contributed by atoms with Crippen molar-refractivity contribution >= 4 is 17.7 Å². The van der Waals surface area contributed by atoms with Crippen molar-refractivity contribution in [1.29, 1.82) is 0 Å². The smallest absolute Gasteiger partial charge is 0.321 e. The van der Waals surface area contributed by atoms with Crippen LogP contribution in [0.3, 0.4) is 0 Å². The quantitative estimate of drug-likeness (QED) is 0.749. The first-order valence-corrected chi connectivity index (χ1v) is 6.44. The fourth-order valence-electron chi connectivity index (χ4n) is 1.95. The first-order chi connectivity index (χ1) is 7.99. The number of hydrogen-bond acceptors (Lipinski definition) is 4. The van der Waals surface area contributed by atoms with Crippen molar-refractivity contribution < 1.29 is 15.0 Å². The molecule has 1 unspecified atom stereocenters. The summed E-state index contributed by atoms with van der Waals surface area (Å²) in [6.07, 6.45) is 0. The van der Waals surface area contributed by atoms with Gasteiger partial charge in [0.05, 0.1) is 5.37 Å². The summed E-state index contributed by atoms with van der Waals surface area (Å²) < 4.78 is 0. The summed E-state index contributed by atoms with van der Waals surface area (Å²) in [5, 5.41) is 21.7. The number of benzene rings is 1. The molecular weight excluding hydrogens is 238 g/mol. The number of hydrogen-bond donors (Lipinski definition) is 3. The molecule has 4 nitrogen and oxygen atoms in total. The third-order valence-electron chi connectivity index (χ3n) is 2.90. The van der Waals surface area contributed by atoms with Gasteiger partial charge in [0, 0.05) is 5.75 Å². The van der Waals surface area contributed by atoms with E-state index in [1.165, 1.54) is 0 Å². The zero-order chi connectivity index (χ0) is 12.6. The Morgan fingerprint density at radius 2 is 2.00 bits per heavy atom. The molecule has 0 aromatic heterocycles. The van der Waals surface area contributed by atoms with Gasteiger partial charge in [0.1, 0.15) is 11.8 Å². The van der Waals surface area contributed by atoms with E-state index in [0.717, 1.165) is 16.7 Å². The maximum absolute atomic E-state index is 10.9. The second kappa shape index (κ2) is 4.58. The number of thioether (sulfide) groups is 1. The van der Waals surface area contributed by atoms with E-state index >= 15 is 0 Å². The van der Waals surface area contributed by atoms with Crippen LogP contribution in [0.1, 0.15) is 22.1 Å². The number of aliphatic carboxylic acids is 1. The molecule has 1 heterocycles. The molecule has 92 valence electrons. The second-order valence-electron chi connectivity index (χ2n) is 4.27. The number of carboxylic acid groups (broad SMARTS) is 1. The summed E-state index contributed by atoms with van der Waals surface area (Å²) >= 11 is 1.58. The fraction of sp³-hybridized carbons (Fsp3) is 0.417. The molecule has 0 saturated carbocycles. The summed E-state index contributed by atoms with van der Waals surface area (Å²) in [5.74, 6) is 0.0673. The first-order valence-electron chi connectivity index (χ1n) is 5.39. The third-order valence-corrected chi connectivity index (χ3v) is 4.16. The Kier molecular flexibility index (Phi) is 3.31. The summed E-state index contributed by atoms with van der Waals surface area (Å²) in [4.78, 5) is 10.9. The lowest BCUT2D eigenvalue weighted by Gasteiger charge is -2.14. The van der Waals surface area contributed by atoms with Crippen LogP contribution in [0.4, 0.5) is 0 Å². The van der Waals surface area contributed by atoms with Crippen LogP contribution in [0.25, 0.3) is 0 Å². The Bertz CT molecular complexity index is 438. The molecule has 5 heteroatoms. The van der Waals surface area contributed by atoms with Gasteiger partial charge >= 0.3 is 5.97 Å². The molecule has 2 rings (SSSR count). The van der Waals surface area contributed by atoms with Crippen molar-refractivity contribution in [2.75, 3.05) is 5.75 Å². The molecule has 1 aliphatic heterocycles. The zero-order valence-electron chi connectivity index (χ0n) is 9.73. The van der Waals surface area contributed by atoms with Crippen molar-refractivity contribution in [3.8, 4) is 5.75 Å². The molecule has 3 N–H and O–H groups in total. The fourth-order valence-corrected chi connectivity index (χ4v) is 3.16. The standard InChI is InChI=1S/C12H15NO3S/c1-6-3-8(4-7(2)10(6)14)11-13-9(5-17-11)12(15)16/h3-4,9,11,13-14H,5H2,1-2H3,(H,15,16)/t9-,11?/m1/s1. The van der Waals surface area contributed by atoms with Crippen LogP contribution in [0.2, 0.25) is 0 Å². The second-order valence-corrected chi connectivity index (χ2v) is 5.41. The third kappa shape index (κ3) is 2.40. The van der Waals surface area contributed by atoms with Crippen LogP contribution in [-0.2, 0) is 4.79 Å². The van der Waals surface area contributed by atoms with Gasteiger partial charge in [0.15, 0.2) is 0 Å². The summed E-state index contributed by atoms with van der Waals surface area (Å²) in [7, 11) is 0. The summed E-state index contributed by atoms with van der Waals surface area (Å²) in [5.41, 5.74) is 2.66. The molecule has 0 radical (unpaired) electrons. The number of rotatable bonds is 2. The molecule has 1 saturated heterocycles. The lowest BCUT2D eigenvalue weighted by molar-refractivity contribution is -0.138. The minimum atomic E-state index is -0.813. The SMILES string of the molecule is Cc1cc(C2N[C@@H](C(=O)O)CS2)cc(C)c1O. The summed E-state index contributed by atoms with van der Waals surface area (Å²) in [6.45, 7) is 3.69. The Balaban J connectivity index is 2.22. The highest BCUT2D eigenvalue weighted by Crippen LogP contribution is 2.35. The predicted molar refractivity (Wildman–Crippen MR) is 67.3 cm³/mol. The van der Waals surface area contributed by atoms with Gasteiger partial charge < -0.3 is 10.2 Å². The number of carbonyl (C=O) groups is 1. The molecule has 0 aliphatic carbocycles. The lowest BCUT2D eigenvalue weighted by atomic mass is 10.1. The number of aryl methyl sites for hydroxylation is 2. The van der Waals surface area contributed by atoms with Crippen LogP contribution >= 0.6 is 11.8 Å². The van der Waals surface area contributed by atoms with Crippen LogP contribution in [0.15, 0.2) is 12.1 Å². The maximum Gasteiger partial charge on any atom is 0.321 e. The van der Waals surface area contributed by atoms with Crippen molar-refractivity contribution in [1.82, 2.24) is 5.32 Å². The van der Waals surface area contributed by atoms with E-state index in [9.17, 15) is 9.90 Å². The molecule has 0 amide bonds. The van der Waals surface area contributed by atoms with E-state index < -0.39 is 12.0 Å². The minimum absolute atomic E-state index is 0.00546. The van der Waals surface area contributed by atoms with Gasteiger partial charge in [-0.2, -0.15) is 0 Å². The van der Waals surface area contributed by atoms with Crippen LogP contribution in [-0.4, -0.2) is 28.0 Å². The van der Waals surface area contributed by atoms with Gasteiger partial charge in [-0.1, -0.05) is 0 Å². The van der Waals surface area contributed by atoms with E-state index in [2.05, 4.69) is 5.32 Å². The number of nitrogens with one attached hydrogen (secondary N) is 1. The largest absolute Gasteiger partial charge is 0.507 e. The normalized spacial score (nSPS) is 23.9. The van der Waals surface area contributed by atoms with Crippen molar-refractivity contribution in [2.24, 2.45) is 0 Å². The molecule has 0 bridgehead atoms. The van der Waals surface area contributed by atoms with Gasteiger partial charge in [-0.15, -0.1) is 11.8 Å². The highest BCUT2D eigenvalue weighted by molar-refractivity contribution is 7.99. The van der Waals surface area contributed by atoms with Gasteiger partial charge in [-0.25, -0.2) is 0 Å². The number of phenols is 1. The Morgan fingerprint density at radius 1 is 1.41 bits per heavy atom. The van der Waals surface area contributed by atoms with E-state index in [-0.39, 0.29) is 5.37 Å². The lowest BCUT2D eigenvalue weighted by Crippen LogP contribution is -2.33. The van der Waals surface area contributed by atoms with Gasteiger partial charge in [-0.3, -0.25) is 10.1 Å². The van der Waals surface area contributed by atoms with Gasteiger partial charge in [-0.05, 0) is 42.7 Å². The van der Waals surface area contributed by atoms with E-state index in [0.29, 0.717) is 11.5 Å². The van der Waals surface area contributed by atoms with Gasteiger partial charge in [0.25, 0.3) is 0 Å². The van der Waals surface area contributed by atoms with Gasteiger partial charge in [0.2, 0.25) is 0 Å². The van der Waals surface area contributed by atoms with Crippen LogP contribution in [0.5, 0.6) is 5.75 Å². The molecule has 0 spiro atoms. The van der Waals surface area contributed by atoms with Crippen molar-refractivity contribution in [3.63, 3.8) is 0 Å². The Morgan fingerprint density at radius 3 is 2.47 bits per heavy atom. The maximum atomic E-state index is 10.9.